The number of likely N-dealkylation sites (tertiary alicyclic amines) is 1. The highest BCUT2D eigenvalue weighted by molar-refractivity contribution is 7.99. The summed E-state index contributed by atoms with van der Waals surface area (Å²) >= 11 is 1.73. The maximum absolute atomic E-state index is 13.2. The highest BCUT2D eigenvalue weighted by Crippen LogP contribution is 2.28. The normalized spacial score (nSPS) is 24.0. The fourth-order valence-electron chi connectivity index (χ4n) is 4.51. The van der Waals surface area contributed by atoms with Crippen molar-refractivity contribution >= 4 is 29.9 Å². The fraction of sp³-hybridized carbons (Fsp3) is 0.591. The third-order valence-corrected chi connectivity index (χ3v) is 7.30. The molecule has 2 atom stereocenters. The van der Waals surface area contributed by atoms with Crippen LogP contribution in [-0.4, -0.2) is 108 Å². The zero-order valence-corrected chi connectivity index (χ0v) is 19.2. The smallest absolute Gasteiger partial charge is 0.410 e. The van der Waals surface area contributed by atoms with E-state index in [1.807, 2.05) is 35.2 Å². The van der Waals surface area contributed by atoms with Crippen molar-refractivity contribution in [1.82, 2.24) is 19.6 Å². The van der Waals surface area contributed by atoms with E-state index in [4.69, 9.17) is 9.47 Å². The lowest BCUT2D eigenvalue weighted by atomic mass is 10.1. The molecule has 10 heteroatoms. The van der Waals surface area contributed by atoms with Crippen LogP contribution in [0.3, 0.4) is 0 Å². The van der Waals surface area contributed by atoms with Crippen LogP contribution in [0, 0.1) is 0 Å². The SMILES string of the molecule is COC(=O)N1CCN([C@H]2C[C@@H](C(=O)N3CCSC3)N(C(=O)OCc3ccccc3)C2)CC1. The molecule has 3 heterocycles. The number of amides is 3. The van der Waals surface area contributed by atoms with Crippen LogP contribution in [0.1, 0.15) is 12.0 Å². The topological polar surface area (TPSA) is 82.6 Å². The molecule has 3 saturated heterocycles. The maximum Gasteiger partial charge on any atom is 0.410 e. The standard InChI is InChI=1S/C22H30N4O5S/c1-30-21(28)24-9-7-23(8-10-24)18-13-19(20(27)25-11-12-32-16-25)26(14-18)22(29)31-15-17-5-3-2-4-6-17/h2-6,18-19H,7-16H2,1H3/t18-,19-/m0/s1. The third-order valence-electron chi connectivity index (χ3n) is 6.33. The summed E-state index contributed by atoms with van der Waals surface area (Å²) in [4.78, 5) is 45.4. The van der Waals surface area contributed by atoms with Crippen LogP contribution < -0.4 is 0 Å². The second-order valence-electron chi connectivity index (χ2n) is 8.23. The fourth-order valence-corrected chi connectivity index (χ4v) is 5.47. The van der Waals surface area contributed by atoms with Gasteiger partial charge in [-0.2, -0.15) is 0 Å². The van der Waals surface area contributed by atoms with Gasteiger partial charge in [0.1, 0.15) is 12.6 Å². The lowest BCUT2D eigenvalue weighted by molar-refractivity contribution is -0.134. The van der Waals surface area contributed by atoms with Crippen molar-refractivity contribution in [3.05, 3.63) is 35.9 Å². The Balaban J connectivity index is 1.41. The molecule has 3 aliphatic heterocycles. The molecule has 0 radical (unpaired) electrons. The van der Waals surface area contributed by atoms with E-state index >= 15 is 0 Å². The molecule has 32 heavy (non-hydrogen) atoms. The first-order valence-corrected chi connectivity index (χ1v) is 12.1. The van der Waals surface area contributed by atoms with E-state index in [0.29, 0.717) is 45.0 Å². The van der Waals surface area contributed by atoms with Crippen LogP contribution in [0.25, 0.3) is 0 Å². The monoisotopic (exact) mass is 462 g/mol. The molecule has 3 amide bonds. The zero-order chi connectivity index (χ0) is 22.5. The molecule has 0 saturated carbocycles. The Bertz CT molecular complexity index is 812. The predicted molar refractivity (Wildman–Crippen MR) is 120 cm³/mol. The molecule has 3 fully saturated rings. The number of ether oxygens (including phenoxy) is 2. The average molecular weight is 463 g/mol. The Morgan fingerprint density at radius 3 is 2.41 bits per heavy atom. The molecule has 174 valence electrons. The molecule has 0 aliphatic carbocycles. The van der Waals surface area contributed by atoms with Crippen LogP contribution in [0.15, 0.2) is 30.3 Å². The van der Waals surface area contributed by atoms with Crippen molar-refractivity contribution in [2.75, 3.05) is 58.0 Å². The number of thioether (sulfide) groups is 1. The Labute approximate surface area is 192 Å². The van der Waals surface area contributed by atoms with E-state index in [2.05, 4.69) is 4.90 Å². The third kappa shape index (κ3) is 5.12. The Hall–Kier alpha value is -2.46. The molecule has 0 N–H and O–H groups in total. The van der Waals surface area contributed by atoms with E-state index in [0.717, 1.165) is 17.9 Å². The van der Waals surface area contributed by atoms with Gasteiger partial charge in [0, 0.05) is 51.1 Å². The van der Waals surface area contributed by atoms with E-state index in [1.54, 1.807) is 21.6 Å². The molecule has 9 nitrogen and oxygen atoms in total. The number of rotatable bonds is 4. The van der Waals surface area contributed by atoms with Crippen LogP contribution in [0.4, 0.5) is 9.59 Å². The molecule has 0 aromatic heterocycles. The van der Waals surface area contributed by atoms with Crippen LogP contribution in [0.2, 0.25) is 0 Å². The molecular weight excluding hydrogens is 432 g/mol. The highest BCUT2D eigenvalue weighted by atomic mass is 32.2. The van der Waals surface area contributed by atoms with Crippen molar-refractivity contribution in [1.29, 1.82) is 0 Å². The number of hydrogen-bond donors (Lipinski definition) is 0. The minimum atomic E-state index is -0.513. The predicted octanol–water partition coefficient (Wildman–Crippen LogP) is 1.68. The molecule has 0 spiro atoms. The molecule has 0 unspecified atom stereocenters. The number of methoxy groups -OCH3 is 1. The first-order valence-electron chi connectivity index (χ1n) is 11.0. The van der Waals surface area contributed by atoms with Gasteiger partial charge in [0.05, 0.1) is 13.0 Å². The van der Waals surface area contributed by atoms with Crippen molar-refractivity contribution < 1.29 is 23.9 Å². The Morgan fingerprint density at radius 1 is 1.00 bits per heavy atom. The van der Waals surface area contributed by atoms with Gasteiger partial charge in [0.2, 0.25) is 5.91 Å². The van der Waals surface area contributed by atoms with Gasteiger partial charge < -0.3 is 19.3 Å². The first kappa shape index (κ1) is 22.7. The molecule has 1 aromatic carbocycles. The first-order chi connectivity index (χ1) is 15.6. The molecule has 3 aliphatic rings. The van der Waals surface area contributed by atoms with Crippen molar-refractivity contribution in [3.63, 3.8) is 0 Å². The second kappa shape index (κ2) is 10.4. The molecule has 0 bridgehead atoms. The minimum Gasteiger partial charge on any atom is -0.453 e. The minimum absolute atomic E-state index is 0.00218. The van der Waals surface area contributed by atoms with Gasteiger partial charge in [-0.1, -0.05) is 30.3 Å². The van der Waals surface area contributed by atoms with Gasteiger partial charge in [-0.15, -0.1) is 11.8 Å². The summed E-state index contributed by atoms with van der Waals surface area (Å²) in [6.07, 6.45) is -0.185. The molecular formula is C22H30N4O5S. The lowest BCUT2D eigenvalue weighted by Gasteiger charge is -2.37. The number of piperazine rings is 1. The van der Waals surface area contributed by atoms with E-state index < -0.39 is 12.1 Å². The quantitative estimate of drug-likeness (QED) is 0.673. The largest absolute Gasteiger partial charge is 0.453 e. The lowest BCUT2D eigenvalue weighted by Crippen LogP contribution is -2.52. The van der Waals surface area contributed by atoms with Gasteiger partial charge in [-0.25, -0.2) is 9.59 Å². The van der Waals surface area contributed by atoms with Gasteiger partial charge >= 0.3 is 12.2 Å². The van der Waals surface area contributed by atoms with Gasteiger partial charge in [-0.3, -0.25) is 14.6 Å². The summed E-state index contributed by atoms with van der Waals surface area (Å²) in [5.74, 6) is 1.60. The summed E-state index contributed by atoms with van der Waals surface area (Å²) in [6.45, 7) is 3.87. The van der Waals surface area contributed by atoms with Gasteiger partial charge in [0.25, 0.3) is 0 Å². The zero-order valence-electron chi connectivity index (χ0n) is 18.4. The van der Waals surface area contributed by atoms with Crippen LogP contribution >= 0.6 is 11.8 Å². The van der Waals surface area contributed by atoms with Crippen molar-refractivity contribution in [3.8, 4) is 0 Å². The number of carbonyl (C=O) groups excluding carboxylic acids is 3. The summed E-state index contributed by atoms with van der Waals surface area (Å²) in [6, 6.07) is 9.08. The van der Waals surface area contributed by atoms with E-state index in [-0.39, 0.29) is 24.6 Å². The van der Waals surface area contributed by atoms with Gasteiger partial charge in [0.15, 0.2) is 0 Å². The maximum atomic E-state index is 13.2. The number of carbonyl (C=O) groups is 3. The average Bonchev–Trinajstić information content (AvgIpc) is 3.53. The summed E-state index contributed by atoms with van der Waals surface area (Å²) < 4.78 is 10.4. The number of hydrogen-bond acceptors (Lipinski definition) is 7. The summed E-state index contributed by atoms with van der Waals surface area (Å²) in [7, 11) is 1.39. The summed E-state index contributed by atoms with van der Waals surface area (Å²) in [5.41, 5.74) is 0.911. The van der Waals surface area contributed by atoms with Gasteiger partial charge in [-0.05, 0) is 12.0 Å². The van der Waals surface area contributed by atoms with Crippen LogP contribution in [0.5, 0.6) is 0 Å². The van der Waals surface area contributed by atoms with Crippen molar-refractivity contribution in [2.24, 2.45) is 0 Å². The summed E-state index contributed by atoms with van der Waals surface area (Å²) in [5, 5.41) is 0. The number of benzene rings is 1. The highest BCUT2D eigenvalue weighted by Gasteiger charge is 2.45. The van der Waals surface area contributed by atoms with E-state index in [1.165, 1.54) is 7.11 Å². The number of nitrogens with zero attached hydrogens (tertiary/aromatic N) is 4. The second-order valence-corrected chi connectivity index (χ2v) is 9.30. The Kier molecular flexibility index (Phi) is 7.41. The molecule has 4 rings (SSSR count). The Morgan fingerprint density at radius 2 is 1.75 bits per heavy atom. The van der Waals surface area contributed by atoms with Crippen LogP contribution in [-0.2, 0) is 20.9 Å². The molecule has 1 aromatic rings. The van der Waals surface area contributed by atoms with Crippen molar-refractivity contribution in [2.45, 2.75) is 25.1 Å². The van der Waals surface area contributed by atoms with E-state index in [9.17, 15) is 14.4 Å².